The molecule has 0 amide bonds. The fourth-order valence-electron chi connectivity index (χ4n) is 1.59. The monoisotopic (exact) mass is 170 g/mol. The Labute approximate surface area is 73.0 Å². The van der Waals surface area contributed by atoms with E-state index in [0.29, 0.717) is 13.0 Å². The summed E-state index contributed by atoms with van der Waals surface area (Å²) in [6.07, 6.45) is 1.78. The molecule has 0 aromatic carbocycles. The summed E-state index contributed by atoms with van der Waals surface area (Å²) < 4.78 is 12.8. The molecule has 1 aliphatic rings. The van der Waals surface area contributed by atoms with Gasteiger partial charge in [0.1, 0.15) is 12.2 Å². The van der Waals surface area contributed by atoms with Crippen molar-refractivity contribution in [1.82, 2.24) is 4.90 Å². The first-order valence-electron chi connectivity index (χ1n) is 4.55. The number of likely N-dealkylation sites (tertiary alicyclic amines) is 1. The minimum absolute atomic E-state index is 0.174. The summed E-state index contributed by atoms with van der Waals surface area (Å²) in [4.78, 5) is 1.95. The summed E-state index contributed by atoms with van der Waals surface area (Å²) in [5, 5.41) is 8.70. The van der Waals surface area contributed by atoms with E-state index in [0.717, 1.165) is 19.4 Å². The fraction of sp³-hybridized carbons (Fsp3) is 0.889. The second-order valence-corrected chi connectivity index (χ2v) is 3.33. The van der Waals surface area contributed by atoms with E-state index < -0.39 is 6.17 Å². The van der Waals surface area contributed by atoms with Crippen LogP contribution in [0.5, 0.6) is 0 Å². The van der Waals surface area contributed by atoms with Gasteiger partial charge in [0, 0.05) is 13.0 Å². The molecule has 0 aromatic heterocycles. The summed E-state index contributed by atoms with van der Waals surface area (Å²) in [5.74, 6) is 0. The van der Waals surface area contributed by atoms with Crippen molar-refractivity contribution >= 4 is 0 Å². The molecule has 0 spiro atoms. The first-order chi connectivity index (χ1) is 5.77. The number of nitrogens with zero attached hydrogens (tertiary/aromatic N) is 2. The molecule has 0 aromatic rings. The Morgan fingerprint density at radius 3 is 3.00 bits per heavy atom. The zero-order chi connectivity index (χ0) is 8.97. The molecule has 1 aliphatic heterocycles. The lowest BCUT2D eigenvalue weighted by Crippen LogP contribution is -2.29. The van der Waals surface area contributed by atoms with Gasteiger partial charge >= 0.3 is 0 Å². The first-order valence-corrected chi connectivity index (χ1v) is 4.55. The van der Waals surface area contributed by atoms with E-state index >= 15 is 0 Å². The van der Waals surface area contributed by atoms with Gasteiger partial charge in [-0.15, -0.1) is 0 Å². The summed E-state index contributed by atoms with van der Waals surface area (Å²) in [5.41, 5.74) is 0. The maximum atomic E-state index is 12.8. The van der Waals surface area contributed by atoms with Gasteiger partial charge in [0.2, 0.25) is 0 Å². The molecule has 12 heavy (non-hydrogen) atoms. The number of alkyl halides is 1. The highest BCUT2D eigenvalue weighted by Crippen LogP contribution is 2.19. The van der Waals surface area contributed by atoms with Gasteiger partial charge in [-0.2, -0.15) is 5.26 Å². The molecule has 2 atom stereocenters. The Hall–Kier alpha value is -0.620. The topological polar surface area (TPSA) is 27.0 Å². The molecule has 1 heterocycles. The molecule has 1 fully saturated rings. The van der Waals surface area contributed by atoms with Crippen LogP contribution in [-0.4, -0.2) is 30.2 Å². The van der Waals surface area contributed by atoms with Gasteiger partial charge in [0.05, 0.1) is 6.07 Å². The van der Waals surface area contributed by atoms with Crippen LogP contribution in [0.15, 0.2) is 0 Å². The molecule has 1 saturated heterocycles. The van der Waals surface area contributed by atoms with Crippen LogP contribution in [0.25, 0.3) is 0 Å². The smallest absolute Gasteiger partial charge is 0.115 e. The van der Waals surface area contributed by atoms with E-state index in [1.54, 1.807) is 0 Å². The Bertz CT molecular complexity index is 176. The number of hydrogen-bond acceptors (Lipinski definition) is 2. The number of unbranched alkanes of at least 4 members (excludes halogenated alkanes) is 1. The molecule has 0 radical (unpaired) electrons. The predicted octanol–water partition coefficient (Wildman–Crippen LogP) is 1.72. The zero-order valence-corrected chi connectivity index (χ0v) is 7.46. The Balaban J connectivity index is 2.37. The summed E-state index contributed by atoms with van der Waals surface area (Å²) in [6.45, 7) is 3.43. The Morgan fingerprint density at radius 2 is 2.42 bits per heavy atom. The van der Waals surface area contributed by atoms with Crippen molar-refractivity contribution in [2.45, 2.75) is 38.4 Å². The van der Waals surface area contributed by atoms with E-state index in [1.807, 2.05) is 4.90 Å². The van der Waals surface area contributed by atoms with E-state index in [-0.39, 0.29) is 6.04 Å². The third kappa shape index (κ3) is 2.18. The number of hydrogen-bond donors (Lipinski definition) is 0. The van der Waals surface area contributed by atoms with Crippen LogP contribution in [0.1, 0.15) is 26.2 Å². The van der Waals surface area contributed by atoms with Crippen LogP contribution >= 0.6 is 0 Å². The van der Waals surface area contributed by atoms with Gasteiger partial charge < -0.3 is 0 Å². The predicted molar refractivity (Wildman–Crippen MR) is 45.4 cm³/mol. The lowest BCUT2D eigenvalue weighted by atomic mass is 10.2. The molecule has 0 N–H and O–H groups in total. The van der Waals surface area contributed by atoms with Gasteiger partial charge in [0.25, 0.3) is 0 Å². The van der Waals surface area contributed by atoms with Gasteiger partial charge in [-0.05, 0) is 13.0 Å². The molecular formula is C9H15FN2. The molecule has 2 nitrogen and oxygen atoms in total. The van der Waals surface area contributed by atoms with Crippen molar-refractivity contribution in [3.63, 3.8) is 0 Å². The van der Waals surface area contributed by atoms with Crippen molar-refractivity contribution in [3.05, 3.63) is 0 Å². The molecule has 0 saturated carbocycles. The number of nitriles is 1. The number of rotatable bonds is 3. The second kappa shape index (κ2) is 4.42. The van der Waals surface area contributed by atoms with Crippen molar-refractivity contribution in [2.75, 3.05) is 13.1 Å². The standard InChI is InChI=1S/C9H15FN2/c1-2-3-4-12-7-8(10)5-9(12)6-11/h8-9H,2-5,7H2,1H3/t8-,9-/m0/s1. The van der Waals surface area contributed by atoms with Crippen LogP contribution in [-0.2, 0) is 0 Å². The summed E-state index contributed by atoms with van der Waals surface area (Å²) >= 11 is 0. The van der Waals surface area contributed by atoms with Gasteiger partial charge in [-0.25, -0.2) is 4.39 Å². The Morgan fingerprint density at radius 1 is 1.67 bits per heavy atom. The van der Waals surface area contributed by atoms with E-state index in [4.69, 9.17) is 5.26 Å². The average Bonchev–Trinajstić information content (AvgIpc) is 2.42. The van der Waals surface area contributed by atoms with E-state index in [9.17, 15) is 4.39 Å². The van der Waals surface area contributed by atoms with Gasteiger partial charge in [-0.1, -0.05) is 13.3 Å². The maximum absolute atomic E-state index is 12.8. The third-order valence-electron chi connectivity index (χ3n) is 2.30. The van der Waals surface area contributed by atoms with Crippen LogP contribution in [0.4, 0.5) is 4.39 Å². The quantitative estimate of drug-likeness (QED) is 0.645. The van der Waals surface area contributed by atoms with Crippen molar-refractivity contribution < 1.29 is 4.39 Å². The van der Waals surface area contributed by atoms with Crippen molar-refractivity contribution in [2.24, 2.45) is 0 Å². The van der Waals surface area contributed by atoms with Crippen LogP contribution < -0.4 is 0 Å². The molecule has 3 heteroatoms. The zero-order valence-electron chi connectivity index (χ0n) is 7.46. The third-order valence-corrected chi connectivity index (χ3v) is 2.30. The van der Waals surface area contributed by atoms with E-state index in [2.05, 4.69) is 13.0 Å². The summed E-state index contributed by atoms with van der Waals surface area (Å²) in [6, 6.07) is 1.96. The number of halogens is 1. The molecule has 68 valence electrons. The van der Waals surface area contributed by atoms with Gasteiger partial charge in [-0.3, -0.25) is 4.90 Å². The van der Waals surface area contributed by atoms with Crippen LogP contribution in [0, 0.1) is 11.3 Å². The molecule has 0 aliphatic carbocycles. The highest BCUT2D eigenvalue weighted by molar-refractivity contribution is 4.99. The fourth-order valence-corrected chi connectivity index (χ4v) is 1.59. The minimum Gasteiger partial charge on any atom is -0.285 e. The normalized spacial score (nSPS) is 30.4. The molecule has 0 bridgehead atoms. The lowest BCUT2D eigenvalue weighted by molar-refractivity contribution is 0.266. The molecular weight excluding hydrogens is 155 g/mol. The lowest BCUT2D eigenvalue weighted by Gasteiger charge is -2.17. The summed E-state index contributed by atoms with van der Waals surface area (Å²) in [7, 11) is 0. The average molecular weight is 170 g/mol. The van der Waals surface area contributed by atoms with Crippen LogP contribution in [0.2, 0.25) is 0 Å². The Kier molecular flexibility index (Phi) is 3.48. The van der Waals surface area contributed by atoms with Gasteiger partial charge in [0.15, 0.2) is 0 Å². The van der Waals surface area contributed by atoms with E-state index in [1.165, 1.54) is 0 Å². The van der Waals surface area contributed by atoms with Crippen molar-refractivity contribution in [3.8, 4) is 6.07 Å². The van der Waals surface area contributed by atoms with Crippen LogP contribution in [0.3, 0.4) is 0 Å². The highest BCUT2D eigenvalue weighted by atomic mass is 19.1. The molecule has 1 rings (SSSR count). The maximum Gasteiger partial charge on any atom is 0.115 e. The highest BCUT2D eigenvalue weighted by Gasteiger charge is 2.31. The second-order valence-electron chi connectivity index (χ2n) is 3.33. The SMILES string of the molecule is CCCCN1C[C@@H](F)C[C@H]1C#N. The van der Waals surface area contributed by atoms with Crippen molar-refractivity contribution in [1.29, 1.82) is 5.26 Å². The minimum atomic E-state index is -0.786. The molecule has 0 unspecified atom stereocenters. The first kappa shape index (κ1) is 9.47. The largest absolute Gasteiger partial charge is 0.285 e.